The molecule has 0 N–H and O–H groups in total. The molecule has 118 valence electrons. The highest BCUT2D eigenvalue weighted by atomic mass is 35.5. The van der Waals surface area contributed by atoms with Gasteiger partial charge in [-0.05, 0) is 62.2 Å². The highest BCUT2D eigenvalue weighted by molar-refractivity contribution is 6.30. The van der Waals surface area contributed by atoms with E-state index in [0.29, 0.717) is 24.8 Å². The topological polar surface area (TPSA) is 27.7 Å². The zero-order valence-electron chi connectivity index (χ0n) is 12.8. The van der Waals surface area contributed by atoms with Gasteiger partial charge in [0, 0.05) is 5.02 Å². The van der Waals surface area contributed by atoms with Crippen molar-refractivity contribution in [2.75, 3.05) is 19.8 Å². The van der Waals surface area contributed by atoms with Crippen LogP contribution in [0.25, 0.3) is 0 Å². The van der Waals surface area contributed by atoms with Crippen LogP contribution in [0.2, 0.25) is 5.02 Å². The number of hydrogen-bond donors (Lipinski definition) is 0. The zero-order chi connectivity index (χ0) is 15.6. The number of hydrogen-bond acceptors (Lipinski definition) is 3. The van der Waals surface area contributed by atoms with E-state index in [1.165, 1.54) is 0 Å². The van der Waals surface area contributed by atoms with Crippen LogP contribution in [0.15, 0.2) is 48.5 Å². The first kappa shape index (κ1) is 16.5. The van der Waals surface area contributed by atoms with E-state index in [0.717, 1.165) is 30.1 Å². The fraction of sp³-hybridized carbons (Fsp3) is 0.333. The van der Waals surface area contributed by atoms with Gasteiger partial charge in [-0.15, -0.1) is 0 Å². The Kier molecular flexibility index (Phi) is 6.91. The average molecular weight is 321 g/mol. The van der Waals surface area contributed by atoms with Crippen molar-refractivity contribution in [1.82, 2.24) is 0 Å². The molecule has 0 radical (unpaired) electrons. The highest BCUT2D eigenvalue weighted by Gasteiger charge is 1.98. The Morgan fingerprint density at radius 2 is 1.36 bits per heavy atom. The molecule has 4 heteroatoms. The SMILES string of the molecule is CCOc1ccc(OCCCCOc2cccc(Cl)c2)cc1. The third kappa shape index (κ3) is 5.86. The largest absolute Gasteiger partial charge is 0.494 e. The Morgan fingerprint density at radius 3 is 1.95 bits per heavy atom. The number of rotatable bonds is 9. The predicted octanol–water partition coefficient (Wildman–Crippen LogP) is 4.98. The van der Waals surface area contributed by atoms with E-state index >= 15 is 0 Å². The van der Waals surface area contributed by atoms with Gasteiger partial charge in [-0.25, -0.2) is 0 Å². The second-order valence-corrected chi connectivity index (χ2v) is 5.20. The minimum atomic E-state index is 0.660. The summed E-state index contributed by atoms with van der Waals surface area (Å²) in [6.45, 7) is 3.97. The van der Waals surface area contributed by atoms with E-state index in [1.807, 2.05) is 55.5 Å². The van der Waals surface area contributed by atoms with Crippen molar-refractivity contribution in [2.45, 2.75) is 19.8 Å². The van der Waals surface area contributed by atoms with Crippen molar-refractivity contribution in [3.05, 3.63) is 53.6 Å². The molecule has 0 heterocycles. The van der Waals surface area contributed by atoms with E-state index in [9.17, 15) is 0 Å². The van der Waals surface area contributed by atoms with Gasteiger partial charge in [0.25, 0.3) is 0 Å². The van der Waals surface area contributed by atoms with E-state index in [2.05, 4.69) is 0 Å². The summed E-state index contributed by atoms with van der Waals surface area (Å²) in [5.41, 5.74) is 0. The summed E-state index contributed by atoms with van der Waals surface area (Å²) in [5.74, 6) is 2.53. The molecule has 0 aliphatic heterocycles. The van der Waals surface area contributed by atoms with Gasteiger partial charge in [-0.3, -0.25) is 0 Å². The molecule has 0 aliphatic rings. The smallest absolute Gasteiger partial charge is 0.120 e. The fourth-order valence-electron chi connectivity index (χ4n) is 1.94. The molecule has 0 fully saturated rings. The number of ether oxygens (including phenoxy) is 3. The van der Waals surface area contributed by atoms with Crippen LogP contribution in [-0.2, 0) is 0 Å². The third-order valence-corrected chi connectivity index (χ3v) is 3.24. The second-order valence-electron chi connectivity index (χ2n) is 4.77. The van der Waals surface area contributed by atoms with E-state index < -0.39 is 0 Å². The van der Waals surface area contributed by atoms with E-state index in [1.54, 1.807) is 0 Å². The lowest BCUT2D eigenvalue weighted by molar-refractivity contribution is 0.266. The van der Waals surface area contributed by atoms with Crippen molar-refractivity contribution in [2.24, 2.45) is 0 Å². The summed E-state index contributed by atoms with van der Waals surface area (Å²) in [6.07, 6.45) is 1.87. The van der Waals surface area contributed by atoms with Gasteiger partial charge in [-0.1, -0.05) is 17.7 Å². The fourth-order valence-corrected chi connectivity index (χ4v) is 2.12. The third-order valence-electron chi connectivity index (χ3n) is 3.01. The minimum Gasteiger partial charge on any atom is -0.494 e. The molecular formula is C18H21ClO3. The van der Waals surface area contributed by atoms with Gasteiger partial charge in [0.05, 0.1) is 19.8 Å². The Hall–Kier alpha value is -1.87. The lowest BCUT2D eigenvalue weighted by Gasteiger charge is -2.09. The molecule has 0 aromatic heterocycles. The Balaban J connectivity index is 1.59. The van der Waals surface area contributed by atoms with Crippen LogP contribution in [0.4, 0.5) is 0 Å². The Bertz CT molecular complexity index is 555. The maximum absolute atomic E-state index is 5.90. The monoisotopic (exact) mass is 320 g/mol. The van der Waals surface area contributed by atoms with Crippen LogP contribution >= 0.6 is 11.6 Å². The van der Waals surface area contributed by atoms with Crippen LogP contribution in [-0.4, -0.2) is 19.8 Å². The first-order chi connectivity index (χ1) is 10.8. The molecule has 2 rings (SSSR count). The maximum Gasteiger partial charge on any atom is 0.120 e. The Labute approximate surface area is 136 Å². The average Bonchev–Trinajstić information content (AvgIpc) is 2.53. The molecule has 22 heavy (non-hydrogen) atoms. The molecule has 0 bridgehead atoms. The van der Waals surface area contributed by atoms with Gasteiger partial charge in [-0.2, -0.15) is 0 Å². The van der Waals surface area contributed by atoms with Crippen LogP contribution in [0.1, 0.15) is 19.8 Å². The molecule has 2 aromatic rings. The van der Waals surface area contributed by atoms with Crippen molar-refractivity contribution < 1.29 is 14.2 Å². The quantitative estimate of drug-likeness (QED) is 0.610. The van der Waals surface area contributed by atoms with E-state index in [4.69, 9.17) is 25.8 Å². The number of halogens is 1. The molecule has 0 saturated heterocycles. The molecule has 0 unspecified atom stereocenters. The first-order valence-electron chi connectivity index (χ1n) is 7.52. The second kappa shape index (κ2) is 9.21. The van der Waals surface area contributed by atoms with Crippen LogP contribution in [0.5, 0.6) is 17.2 Å². The van der Waals surface area contributed by atoms with Gasteiger partial charge in [0.1, 0.15) is 17.2 Å². The van der Waals surface area contributed by atoms with Crippen molar-refractivity contribution in [1.29, 1.82) is 0 Å². The van der Waals surface area contributed by atoms with Crippen molar-refractivity contribution >= 4 is 11.6 Å². The number of unbranched alkanes of at least 4 members (excludes halogenated alkanes) is 1. The first-order valence-corrected chi connectivity index (χ1v) is 7.90. The van der Waals surface area contributed by atoms with Crippen LogP contribution in [0, 0.1) is 0 Å². The molecule has 0 saturated carbocycles. The Morgan fingerprint density at radius 1 is 0.773 bits per heavy atom. The lowest BCUT2D eigenvalue weighted by Crippen LogP contribution is -2.02. The zero-order valence-corrected chi connectivity index (χ0v) is 13.5. The summed E-state index contributed by atoms with van der Waals surface area (Å²) in [6, 6.07) is 15.1. The maximum atomic E-state index is 5.90. The van der Waals surface area contributed by atoms with Gasteiger partial charge in [0.15, 0.2) is 0 Å². The van der Waals surface area contributed by atoms with Crippen molar-refractivity contribution in [3.8, 4) is 17.2 Å². The van der Waals surface area contributed by atoms with Gasteiger partial charge >= 0.3 is 0 Å². The summed E-state index contributed by atoms with van der Waals surface area (Å²) in [4.78, 5) is 0. The molecule has 3 nitrogen and oxygen atoms in total. The molecule has 0 spiro atoms. The highest BCUT2D eigenvalue weighted by Crippen LogP contribution is 2.18. The number of benzene rings is 2. The minimum absolute atomic E-state index is 0.660. The van der Waals surface area contributed by atoms with E-state index in [-0.39, 0.29) is 0 Å². The van der Waals surface area contributed by atoms with Crippen LogP contribution in [0.3, 0.4) is 0 Å². The standard InChI is InChI=1S/C18H21ClO3/c1-2-20-16-8-10-17(11-9-16)21-12-3-4-13-22-18-7-5-6-15(19)14-18/h5-11,14H,2-4,12-13H2,1H3. The predicted molar refractivity (Wildman–Crippen MR) is 89.3 cm³/mol. The lowest BCUT2D eigenvalue weighted by atomic mass is 10.3. The molecule has 0 atom stereocenters. The molecule has 0 amide bonds. The summed E-state index contributed by atoms with van der Waals surface area (Å²) in [5, 5.41) is 0.691. The normalized spacial score (nSPS) is 10.3. The summed E-state index contributed by atoms with van der Waals surface area (Å²) >= 11 is 5.90. The molecular weight excluding hydrogens is 300 g/mol. The summed E-state index contributed by atoms with van der Waals surface area (Å²) < 4.78 is 16.7. The molecule has 2 aromatic carbocycles. The van der Waals surface area contributed by atoms with Gasteiger partial charge < -0.3 is 14.2 Å². The van der Waals surface area contributed by atoms with Gasteiger partial charge in [0.2, 0.25) is 0 Å². The molecule has 0 aliphatic carbocycles. The van der Waals surface area contributed by atoms with Crippen LogP contribution < -0.4 is 14.2 Å². The van der Waals surface area contributed by atoms with Crippen molar-refractivity contribution in [3.63, 3.8) is 0 Å². The summed E-state index contributed by atoms with van der Waals surface area (Å²) in [7, 11) is 0.